The highest BCUT2D eigenvalue weighted by Gasteiger charge is 2.20. The molecule has 146 valence electrons. The summed E-state index contributed by atoms with van der Waals surface area (Å²) in [5, 5.41) is 7.77. The molecule has 0 unspecified atom stereocenters. The van der Waals surface area contributed by atoms with E-state index in [1.165, 1.54) is 12.8 Å². The summed E-state index contributed by atoms with van der Waals surface area (Å²) in [6, 6.07) is 10.2. The standard InChI is InChI=1S/C22H27N5O/c1-3-19-18(22(28)23-11-14-26-12-7-8-13-26)15-24-21-20(16(2)25-27(19)21)17-9-5-4-6-10-17/h4-6,9-10,15H,3,7-8,11-14H2,1-2H3,(H,23,28). The zero-order valence-corrected chi connectivity index (χ0v) is 16.6. The van der Waals surface area contributed by atoms with Crippen molar-refractivity contribution < 1.29 is 4.79 Å². The number of hydrogen-bond acceptors (Lipinski definition) is 4. The van der Waals surface area contributed by atoms with Crippen molar-refractivity contribution in [3.05, 3.63) is 53.5 Å². The van der Waals surface area contributed by atoms with Gasteiger partial charge in [-0.3, -0.25) is 4.79 Å². The quantitative estimate of drug-likeness (QED) is 0.717. The van der Waals surface area contributed by atoms with Gasteiger partial charge in [-0.25, -0.2) is 9.50 Å². The Balaban J connectivity index is 1.62. The van der Waals surface area contributed by atoms with Gasteiger partial charge in [-0.15, -0.1) is 0 Å². The third-order valence-corrected chi connectivity index (χ3v) is 5.47. The van der Waals surface area contributed by atoms with Crippen LogP contribution in [0, 0.1) is 6.92 Å². The van der Waals surface area contributed by atoms with Gasteiger partial charge in [0, 0.05) is 24.8 Å². The third kappa shape index (κ3) is 3.52. The molecule has 28 heavy (non-hydrogen) atoms. The Bertz CT molecular complexity index is 974. The lowest BCUT2D eigenvalue weighted by Gasteiger charge is -2.15. The van der Waals surface area contributed by atoms with E-state index in [2.05, 4.69) is 34.3 Å². The average molecular weight is 377 g/mol. The number of fused-ring (bicyclic) bond motifs is 1. The number of rotatable bonds is 6. The summed E-state index contributed by atoms with van der Waals surface area (Å²) in [5.74, 6) is -0.0696. The number of nitrogens with one attached hydrogen (secondary N) is 1. The Labute approximate surface area is 165 Å². The van der Waals surface area contributed by atoms with Crippen LogP contribution in [-0.2, 0) is 6.42 Å². The smallest absolute Gasteiger partial charge is 0.254 e. The molecule has 1 saturated heterocycles. The fourth-order valence-corrected chi connectivity index (χ4v) is 4.04. The molecule has 0 spiro atoms. The lowest BCUT2D eigenvalue weighted by Crippen LogP contribution is -2.34. The van der Waals surface area contributed by atoms with Crippen molar-refractivity contribution in [1.82, 2.24) is 24.8 Å². The van der Waals surface area contributed by atoms with Crippen molar-refractivity contribution in [3.8, 4) is 11.1 Å². The first-order valence-electron chi connectivity index (χ1n) is 10.1. The number of likely N-dealkylation sites (tertiary alicyclic amines) is 1. The van der Waals surface area contributed by atoms with E-state index in [9.17, 15) is 4.79 Å². The summed E-state index contributed by atoms with van der Waals surface area (Å²) in [4.78, 5) is 19.8. The van der Waals surface area contributed by atoms with Crippen LogP contribution in [0.1, 0.15) is 41.5 Å². The van der Waals surface area contributed by atoms with Crippen LogP contribution in [0.3, 0.4) is 0 Å². The topological polar surface area (TPSA) is 62.5 Å². The van der Waals surface area contributed by atoms with Crippen LogP contribution in [0.4, 0.5) is 0 Å². The second kappa shape index (κ2) is 8.10. The van der Waals surface area contributed by atoms with Gasteiger partial charge in [0.2, 0.25) is 0 Å². The van der Waals surface area contributed by atoms with E-state index in [1.807, 2.05) is 29.6 Å². The van der Waals surface area contributed by atoms with Crippen LogP contribution in [0.5, 0.6) is 0 Å². The molecule has 0 bridgehead atoms. The predicted molar refractivity (Wildman–Crippen MR) is 111 cm³/mol. The lowest BCUT2D eigenvalue weighted by atomic mass is 10.1. The highest BCUT2D eigenvalue weighted by Crippen LogP contribution is 2.28. The second-order valence-electron chi connectivity index (χ2n) is 7.34. The van der Waals surface area contributed by atoms with Gasteiger partial charge in [-0.1, -0.05) is 37.3 Å². The SMILES string of the molecule is CCc1c(C(=O)NCCN2CCCC2)cnc2c(-c3ccccc3)c(C)nn12. The Morgan fingerprint density at radius 2 is 1.93 bits per heavy atom. The monoisotopic (exact) mass is 377 g/mol. The molecule has 0 saturated carbocycles. The number of aromatic nitrogens is 3. The Morgan fingerprint density at radius 3 is 2.64 bits per heavy atom. The first-order chi connectivity index (χ1) is 13.7. The molecule has 2 aromatic heterocycles. The molecule has 3 aromatic rings. The fourth-order valence-electron chi connectivity index (χ4n) is 4.04. The van der Waals surface area contributed by atoms with Crippen LogP contribution < -0.4 is 5.32 Å². The molecule has 1 amide bonds. The molecule has 0 atom stereocenters. The van der Waals surface area contributed by atoms with Gasteiger partial charge in [0.1, 0.15) is 0 Å². The Morgan fingerprint density at radius 1 is 1.18 bits per heavy atom. The number of amides is 1. The van der Waals surface area contributed by atoms with Gasteiger partial charge < -0.3 is 10.2 Å². The molecule has 1 aliphatic heterocycles. The van der Waals surface area contributed by atoms with Crippen LogP contribution in [0.15, 0.2) is 36.5 Å². The van der Waals surface area contributed by atoms with Crippen molar-refractivity contribution in [2.45, 2.75) is 33.1 Å². The van der Waals surface area contributed by atoms with Gasteiger partial charge in [-0.05, 0) is 44.8 Å². The maximum Gasteiger partial charge on any atom is 0.254 e. The minimum atomic E-state index is -0.0696. The summed E-state index contributed by atoms with van der Waals surface area (Å²) in [6.45, 7) is 7.88. The molecule has 1 aromatic carbocycles. The molecule has 3 heterocycles. The maximum absolute atomic E-state index is 12.8. The number of hydrogen-bond donors (Lipinski definition) is 1. The van der Waals surface area contributed by atoms with Crippen molar-refractivity contribution in [3.63, 3.8) is 0 Å². The predicted octanol–water partition coefficient (Wildman–Crippen LogP) is 3.09. The van der Waals surface area contributed by atoms with Crippen molar-refractivity contribution in [2.24, 2.45) is 0 Å². The average Bonchev–Trinajstić information content (AvgIpc) is 3.34. The van der Waals surface area contributed by atoms with Crippen LogP contribution >= 0.6 is 0 Å². The van der Waals surface area contributed by atoms with E-state index in [4.69, 9.17) is 5.10 Å². The highest BCUT2D eigenvalue weighted by atomic mass is 16.1. The van der Waals surface area contributed by atoms with Gasteiger partial charge >= 0.3 is 0 Å². The number of benzene rings is 1. The number of carbonyl (C=O) groups excluding carboxylic acids is 1. The fraction of sp³-hybridized carbons (Fsp3) is 0.409. The summed E-state index contributed by atoms with van der Waals surface area (Å²) >= 11 is 0. The highest BCUT2D eigenvalue weighted by molar-refractivity contribution is 5.95. The van der Waals surface area contributed by atoms with E-state index in [-0.39, 0.29) is 5.91 Å². The summed E-state index contributed by atoms with van der Waals surface area (Å²) in [5.41, 5.74) is 5.34. The van der Waals surface area contributed by atoms with Crippen LogP contribution in [-0.4, -0.2) is 51.6 Å². The lowest BCUT2D eigenvalue weighted by molar-refractivity contribution is 0.0947. The minimum Gasteiger partial charge on any atom is -0.351 e. The minimum absolute atomic E-state index is 0.0696. The molecule has 6 heteroatoms. The van der Waals surface area contributed by atoms with Gasteiger partial charge in [0.15, 0.2) is 5.65 Å². The number of aryl methyl sites for hydroxylation is 2. The molecule has 0 radical (unpaired) electrons. The molecule has 1 N–H and O–H groups in total. The molecule has 1 aliphatic rings. The van der Waals surface area contributed by atoms with Gasteiger partial charge in [0.25, 0.3) is 5.91 Å². The van der Waals surface area contributed by atoms with Crippen molar-refractivity contribution in [1.29, 1.82) is 0 Å². The largest absolute Gasteiger partial charge is 0.351 e. The molecular formula is C22H27N5O. The summed E-state index contributed by atoms with van der Waals surface area (Å²) in [6.07, 6.45) is 4.93. The second-order valence-corrected chi connectivity index (χ2v) is 7.34. The first kappa shape index (κ1) is 18.6. The summed E-state index contributed by atoms with van der Waals surface area (Å²) in [7, 11) is 0. The molecular weight excluding hydrogens is 350 g/mol. The zero-order chi connectivity index (χ0) is 19.5. The Hall–Kier alpha value is -2.73. The normalized spacial score (nSPS) is 14.6. The maximum atomic E-state index is 12.8. The molecule has 0 aliphatic carbocycles. The molecule has 1 fully saturated rings. The Kier molecular flexibility index (Phi) is 5.39. The van der Waals surface area contributed by atoms with Crippen molar-refractivity contribution >= 4 is 11.6 Å². The third-order valence-electron chi connectivity index (χ3n) is 5.47. The van der Waals surface area contributed by atoms with E-state index in [0.29, 0.717) is 18.5 Å². The zero-order valence-electron chi connectivity index (χ0n) is 16.6. The van der Waals surface area contributed by atoms with E-state index >= 15 is 0 Å². The number of nitrogens with zero attached hydrogens (tertiary/aromatic N) is 4. The van der Waals surface area contributed by atoms with Crippen LogP contribution in [0.2, 0.25) is 0 Å². The van der Waals surface area contributed by atoms with Crippen molar-refractivity contribution in [2.75, 3.05) is 26.2 Å². The summed E-state index contributed by atoms with van der Waals surface area (Å²) < 4.78 is 1.84. The van der Waals surface area contributed by atoms with Gasteiger partial charge in [-0.2, -0.15) is 5.10 Å². The van der Waals surface area contributed by atoms with E-state index < -0.39 is 0 Å². The molecule has 4 rings (SSSR count). The van der Waals surface area contributed by atoms with Gasteiger partial charge in [0.05, 0.1) is 17.0 Å². The molecule has 6 nitrogen and oxygen atoms in total. The van der Waals surface area contributed by atoms with Crippen LogP contribution in [0.25, 0.3) is 16.8 Å². The number of carbonyl (C=O) groups is 1. The van der Waals surface area contributed by atoms with E-state index in [1.54, 1.807) is 6.20 Å². The van der Waals surface area contributed by atoms with E-state index in [0.717, 1.165) is 47.8 Å². The first-order valence-corrected chi connectivity index (χ1v) is 10.1.